The molecule has 6 heteroatoms. The Bertz CT molecular complexity index is 518. The van der Waals surface area contributed by atoms with Crippen LogP contribution in [0.4, 0.5) is 5.13 Å². The van der Waals surface area contributed by atoms with E-state index in [4.69, 9.17) is 0 Å². The van der Waals surface area contributed by atoms with Crippen LogP contribution in [0.5, 0.6) is 0 Å². The molecule has 1 N–H and O–H groups in total. The number of hydrogen-bond donors (Lipinski definition) is 1. The predicted molar refractivity (Wildman–Crippen MR) is 82.9 cm³/mol. The highest BCUT2D eigenvalue weighted by Crippen LogP contribution is 2.31. The van der Waals surface area contributed by atoms with Crippen molar-refractivity contribution in [1.82, 2.24) is 15.2 Å². The minimum absolute atomic E-state index is 0.429. The van der Waals surface area contributed by atoms with Crippen molar-refractivity contribution in [3.63, 3.8) is 0 Å². The second-order valence-electron chi connectivity index (χ2n) is 5.08. The van der Waals surface area contributed by atoms with Crippen LogP contribution in [-0.4, -0.2) is 21.2 Å². The Morgan fingerprint density at radius 2 is 2.00 bits per heavy atom. The van der Waals surface area contributed by atoms with Crippen LogP contribution in [0.2, 0.25) is 0 Å². The molecule has 0 bridgehead atoms. The van der Waals surface area contributed by atoms with Gasteiger partial charge in [-0.3, -0.25) is 0 Å². The fourth-order valence-corrected chi connectivity index (χ4v) is 3.57. The summed E-state index contributed by atoms with van der Waals surface area (Å²) in [6.45, 7) is 8.72. The normalized spacial score (nSPS) is 12.9. The molecule has 1 atom stereocenters. The molecule has 2 aromatic rings. The number of anilines is 1. The first kappa shape index (κ1) is 14.4. The van der Waals surface area contributed by atoms with Crippen LogP contribution in [0, 0.1) is 5.92 Å². The molecule has 104 valence electrons. The molecule has 0 spiro atoms. The van der Waals surface area contributed by atoms with E-state index < -0.39 is 0 Å². The Morgan fingerprint density at radius 1 is 1.21 bits per heavy atom. The number of hydrogen-bond acceptors (Lipinski definition) is 6. The van der Waals surface area contributed by atoms with Crippen molar-refractivity contribution in [2.24, 2.45) is 5.92 Å². The monoisotopic (exact) mass is 296 g/mol. The average Bonchev–Trinajstić information content (AvgIpc) is 2.97. The van der Waals surface area contributed by atoms with Gasteiger partial charge in [-0.2, -0.15) is 0 Å². The number of rotatable bonds is 6. The predicted octanol–water partition coefficient (Wildman–Crippen LogP) is 4.07. The third-order valence-corrected chi connectivity index (χ3v) is 4.80. The van der Waals surface area contributed by atoms with Crippen LogP contribution in [0.25, 0.3) is 9.88 Å². The van der Waals surface area contributed by atoms with Gasteiger partial charge in [0.1, 0.15) is 0 Å². The molecule has 2 aromatic heterocycles. The Labute approximate surface area is 122 Å². The summed E-state index contributed by atoms with van der Waals surface area (Å²) in [6, 6.07) is 0.429. The molecule has 0 aliphatic rings. The minimum atomic E-state index is 0.429. The molecule has 0 amide bonds. The quantitative estimate of drug-likeness (QED) is 0.873. The van der Waals surface area contributed by atoms with Crippen LogP contribution >= 0.6 is 22.7 Å². The maximum Gasteiger partial charge on any atom is 0.206 e. The molecule has 0 aliphatic heterocycles. The molecule has 0 saturated heterocycles. The summed E-state index contributed by atoms with van der Waals surface area (Å²) >= 11 is 3.32. The number of aromatic nitrogens is 3. The lowest BCUT2D eigenvalue weighted by molar-refractivity contribution is 0.644. The second-order valence-corrected chi connectivity index (χ2v) is 7.17. The van der Waals surface area contributed by atoms with Gasteiger partial charge in [0, 0.05) is 18.7 Å². The molecular formula is C13H20N4S2. The van der Waals surface area contributed by atoms with E-state index in [1.54, 1.807) is 22.7 Å². The van der Waals surface area contributed by atoms with Gasteiger partial charge in [0.25, 0.3) is 0 Å². The topological polar surface area (TPSA) is 50.7 Å². The Hall–Kier alpha value is -1.01. The van der Waals surface area contributed by atoms with E-state index in [1.807, 2.05) is 6.20 Å². The zero-order valence-corrected chi connectivity index (χ0v) is 13.4. The summed E-state index contributed by atoms with van der Waals surface area (Å²) < 4.78 is 0. The highest BCUT2D eigenvalue weighted by atomic mass is 32.1. The molecule has 0 aromatic carbocycles. The molecule has 1 unspecified atom stereocenters. The van der Waals surface area contributed by atoms with Gasteiger partial charge < -0.3 is 5.32 Å². The van der Waals surface area contributed by atoms with Gasteiger partial charge >= 0.3 is 0 Å². The van der Waals surface area contributed by atoms with Crippen molar-refractivity contribution in [1.29, 1.82) is 0 Å². The molecule has 2 rings (SSSR count). The first-order chi connectivity index (χ1) is 9.08. The molecular weight excluding hydrogens is 276 g/mol. The molecule has 19 heavy (non-hydrogen) atoms. The van der Waals surface area contributed by atoms with Gasteiger partial charge in [0.05, 0.1) is 9.88 Å². The SMILES string of the molecule is CCC(C)Nc1nnc(-c2cnc(CC(C)C)s2)s1. The summed E-state index contributed by atoms with van der Waals surface area (Å²) in [5.74, 6) is 0.635. The highest BCUT2D eigenvalue weighted by Gasteiger charge is 2.12. The molecule has 2 heterocycles. The van der Waals surface area contributed by atoms with Gasteiger partial charge in [-0.15, -0.1) is 21.5 Å². The van der Waals surface area contributed by atoms with Crippen LogP contribution in [0.3, 0.4) is 0 Å². The van der Waals surface area contributed by atoms with E-state index in [0.29, 0.717) is 12.0 Å². The van der Waals surface area contributed by atoms with Gasteiger partial charge in [-0.05, 0) is 19.3 Å². The Morgan fingerprint density at radius 3 is 2.68 bits per heavy atom. The Kier molecular flexibility index (Phi) is 4.87. The van der Waals surface area contributed by atoms with Crippen molar-refractivity contribution >= 4 is 27.8 Å². The van der Waals surface area contributed by atoms with Gasteiger partial charge in [-0.25, -0.2) is 4.98 Å². The first-order valence-corrected chi connectivity index (χ1v) is 8.27. The van der Waals surface area contributed by atoms with Crippen LogP contribution in [0.1, 0.15) is 39.1 Å². The van der Waals surface area contributed by atoms with Crippen LogP contribution < -0.4 is 5.32 Å². The maximum atomic E-state index is 4.46. The van der Waals surface area contributed by atoms with E-state index in [2.05, 4.69) is 48.2 Å². The van der Waals surface area contributed by atoms with E-state index in [9.17, 15) is 0 Å². The smallest absolute Gasteiger partial charge is 0.206 e. The molecule has 0 aliphatic carbocycles. The first-order valence-electron chi connectivity index (χ1n) is 6.63. The van der Waals surface area contributed by atoms with E-state index >= 15 is 0 Å². The van der Waals surface area contributed by atoms with Gasteiger partial charge in [0.15, 0.2) is 5.01 Å². The fraction of sp³-hybridized carbons (Fsp3) is 0.615. The zero-order chi connectivity index (χ0) is 13.8. The molecule has 0 fully saturated rings. The maximum absolute atomic E-state index is 4.46. The minimum Gasteiger partial charge on any atom is -0.358 e. The van der Waals surface area contributed by atoms with Crippen LogP contribution in [0.15, 0.2) is 6.20 Å². The second kappa shape index (κ2) is 6.43. The molecule has 0 saturated carbocycles. The molecule has 4 nitrogen and oxygen atoms in total. The lowest BCUT2D eigenvalue weighted by atomic mass is 10.1. The summed E-state index contributed by atoms with van der Waals surface area (Å²) in [7, 11) is 0. The van der Waals surface area contributed by atoms with Gasteiger partial charge in [-0.1, -0.05) is 32.1 Å². The highest BCUT2D eigenvalue weighted by molar-refractivity contribution is 7.23. The summed E-state index contributed by atoms with van der Waals surface area (Å²) in [5.41, 5.74) is 0. The number of nitrogens with one attached hydrogen (secondary N) is 1. The third kappa shape index (κ3) is 3.98. The van der Waals surface area contributed by atoms with Crippen molar-refractivity contribution in [2.45, 2.75) is 46.6 Å². The largest absolute Gasteiger partial charge is 0.358 e. The summed E-state index contributed by atoms with van der Waals surface area (Å²) in [5, 5.41) is 14.8. The lowest BCUT2D eigenvalue weighted by Crippen LogP contribution is -2.12. The zero-order valence-electron chi connectivity index (χ0n) is 11.8. The summed E-state index contributed by atoms with van der Waals surface area (Å²) in [4.78, 5) is 5.57. The van der Waals surface area contributed by atoms with Crippen molar-refractivity contribution < 1.29 is 0 Å². The fourth-order valence-electron chi connectivity index (χ4n) is 1.55. The number of nitrogens with zero attached hydrogens (tertiary/aromatic N) is 3. The number of thiazole rings is 1. The Balaban J connectivity index is 2.07. The van der Waals surface area contributed by atoms with Crippen LogP contribution in [-0.2, 0) is 6.42 Å². The standard InChI is InChI=1S/C13H20N4S2/c1-5-9(4)15-13-17-16-12(19-13)10-7-14-11(18-10)6-8(2)3/h7-9H,5-6H2,1-4H3,(H,15,17). The van der Waals surface area contributed by atoms with E-state index in [-0.39, 0.29) is 0 Å². The third-order valence-electron chi connectivity index (χ3n) is 2.75. The average molecular weight is 296 g/mol. The van der Waals surface area contributed by atoms with Crippen molar-refractivity contribution in [2.75, 3.05) is 5.32 Å². The van der Waals surface area contributed by atoms with Crippen molar-refractivity contribution in [3.8, 4) is 9.88 Å². The summed E-state index contributed by atoms with van der Waals surface area (Å²) in [6.07, 6.45) is 4.02. The van der Waals surface area contributed by atoms with E-state index in [0.717, 1.165) is 27.9 Å². The van der Waals surface area contributed by atoms with E-state index in [1.165, 1.54) is 5.01 Å². The van der Waals surface area contributed by atoms with Gasteiger partial charge in [0.2, 0.25) is 5.13 Å². The lowest BCUT2D eigenvalue weighted by Gasteiger charge is -2.07. The molecule has 0 radical (unpaired) electrons. The van der Waals surface area contributed by atoms with Crippen molar-refractivity contribution in [3.05, 3.63) is 11.2 Å².